The summed E-state index contributed by atoms with van der Waals surface area (Å²) in [7, 11) is 0. The summed E-state index contributed by atoms with van der Waals surface area (Å²) in [6.07, 6.45) is 7.89. The maximum absolute atomic E-state index is 13.0. The van der Waals surface area contributed by atoms with Gasteiger partial charge < -0.3 is 14.8 Å². The van der Waals surface area contributed by atoms with Gasteiger partial charge in [0.05, 0.1) is 18.2 Å². The Morgan fingerprint density at radius 1 is 1.28 bits per heavy atom. The molecule has 0 radical (unpaired) electrons. The van der Waals surface area contributed by atoms with Crippen LogP contribution in [0.25, 0.3) is 0 Å². The largest absolute Gasteiger partial charge is 0.342 e. The van der Waals surface area contributed by atoms with E-state index in [4.69, 9.17) is 0 Å². The fourth-order valence-electron chi connectivity index (χ4n) is 4.18. The second kappa shape index (κ2) is 6.28. The molecule has 1 aromatic rings. The van der Waals surface area contributed by atoms with Gasteiger partial charge in [0.25, 0.3) is 5.56 Å². The van der Waals surface area contributed by atoms with Crippen molar-refractivity contribution in [2.24, 2.45) is 11.3 Å². The molecule has 2 aliphatic heterocycles. The summed E-state index contributed by atoms with van der Waals surface area (Å²) >= 11 is 0. The third-order valence-electron chi connectivity index (χ3n) is 5.84. The number of amides is 2. The quantitative estimate of drug-likeness (QED) is 0.865. The zero-order valence-corrected chi connectivity index (χ0v) is 14.4. The molecule has 7 heteroatoms. The summed E-state index contributed by atoms with van der Waals surface area (Å²) in [6.45, 7) is 2.83. The SMILES string of the molecule is O=C(Cc1cnc[nH]c1=O)N1CCC2(CCCN(CC3CC3)C2=O)C1. The van der Waals surface area contributed by atoms with E-state index in [1.165, 1.54) is 25.4 Å². The first-order chi connectivity index (χ1) is 12.1. The zero-order chi connectivity index (χ0) is 17.4. The Balaban J connectivity index is 1.43. The predicted octanol–water partition coefficient (Wildman–Crippen LogP) is 0.564. The lowest BCUT2D eigenvalue weighted by Crippen LogP contribution is -2.51. The first-order valence-corrected chi connectivity index (χ1v) is 9.16. The van der Waals surface area contributed by atoms with Gasteiger partial charge in [0.1, 0.15) is 0 Å². The minimum Gasteiger partial charge on any atom is -0.342 e. The number of likely N-dealkylation sites (tertiary alicyclic amines) is 2. The number of rotatable bonds is 4. The van der Waals surface area contributed by atoms with Crippen LogP contribution < -0.4 is 5.56 Å². The van der Waals surface area contributed by atoms with Gasteiger partial charge in [-0.1, -0.05) is 0 Å². The highest BCUT2D eigenvalue weighted by molar-refractivity contribution is 5.86. The lowest BCUT2D eigenvalue weighted by Gasteiger charge is -2.39. The lowest BCUT2D eigenvalue weighted by molar-refractivity contribution is -0.146. The topological polar surface area (TPSA) is 86.4 Å². The van der Waals surface area contributed by atoms with E-state index >= 15 is 0 Å². The number of carbonyl (C=O) groups excluding carboxylic acids is 2. The van der Waals surface area contributed by atoms with Crippen molar-refractivity contribution in [3.05, 3.63) is 28.4 Å². The molecule has 4 rings (SSSR count). The predicted molar refractivity (Wildman–Crippen MR) is 90.7 cm³/mol. The summed E-state index contributed by atoms with van der Waals surface area (Å²) in [5.74, 6) is 0.832. The number of nitrogens with one attached hydrogen (secondary N) is 1. The van der Waals surface area contributed by atoms with Crippen molar-refractivity contribution in [3.63, 3.8) is 0 Å². The maximum Gasteiger partial charge on any atom is 0.254 e. The van der Waals surface area contributed by atoms with Crippen LogP contribution in [0.2, 0.25) is 0 Å². The van der Waals surface area contributed by atoms with Gasteiger partial charge in [-0.05, 0) is 38.0 Å². The number of aromatic amines is 1. The molecule has 1 aromatic heterocycles. The van der Waals surface area contributed by atoms with Crippen LogP contribution in [-0.2, 0) is 16.0 Å². The van der Waals surface area contributed by atoms with Crippen molar-refractivity contribution in [2.75, 3.05) is 26.2 Å². The molecule has 0 aromatic carbocycles. The molecular formula is C18H24N4O3. The normalized spacial score (nSPS) is 26.5. The van der Waals surface area contributed by atoms with E-state index in [0.717, 1.165) is 32.4 Å². The molecule has 7 nitrogen and oxygen atoms in total. The molecule has 25 heavy (non-hydrogen) atoms. The second-order valence-corrected chi connectivity index (χ2v) is 7.73. The molecule has 0 bridgehead atoms. The number of aromatic nitrogens is 2. The maximum atomic E-state index is 13.0. The van der Waals surface area contributed by atoms with Crippen LogP contribution in [0.3, 0.4) is 0 Å². The van der Waals surface area contributed by atoms with Crippen molar-refractivity contribution >= 4 is 11.8 Å². The number of nitrogens with zero attached hydrogens (tertiary/aromatic N) is 3. The fraction of sp³-hybridized carbons (Fsp3) is 0.667. The van der Waals surface area contributed by atoms with Gasteiger partial charge in [0.2, 0.25) is 11.8 Å². The van der Waals surface area contributed by atoms with Gasteiger partial charge in [-0.2, -0.15) is 0 Å². The molecule has 2 saturated heterocycles. The summed E-state index contributed by atoms with van der Waals surface area (Å²) in [5, 5.41) is 0. The molecule has 3 fully saturated rings. The average molecular weight is 344 g/mol. The molecule has 3 heterocycles. The number of carbonyl (C=O) groups is 2. The fourth-order valence-corrected chi connectivity index (χ4v) is 4.18. The van der Waals surface area contributed by atoms with E-state index < -0.39 is 5.41 Å². The molecule has 1 unspecified atom stereocenters. The first kappa shape index (κ1) is 16.3. The lowest BCUT2D eigenvalue weighted by atomic mass is 9.78. The van der Waals surface area contributed by atoms with Crippen molar-refractivity contribution in [1.82, 2.24) is 19.8 Å². The van der Waals surface area contributed by atoms with Crippen molar-refractivity contribution in [2.45, 2.75) is 38.5 Å². The molecule has 3 aliphatic rings. The van der Waals surface area contributed by atoms with Crippen LogP contribution >= 0.6 is 0 Å². The zero-order valence-electron chi connectivity index (χ0n) is 14.4. The number of hydrogen-bond acceptors (Lipinski definition) is 4. The molecule has 1 N–H and O–H groups in total. The third-order valence-corrected chi connectivity index (χ3v) is 5.84. The van der Waals surface area contributed by atoms with Gasteiger partial charge in [-0.3, -0.25) is 14.4 Å². The third kappa shape index (κ3) is 3.19. The van der Waals surface area contributed by atoms with Crippen LogP contribution in [0.15, 0.2) is 17.3 Å². The van der Waals surface area contributed by atoms with Crippen LogP contribution in [-0.4, -0.2) is 57.8 Å². The molecule has 2 amide bonds. The number of piperidine rings is 1. The van der Waals surface area contributed by atoms with E-state index in [-0.39, 0.29) is 23.8 Å². The van der Waals surface area contributed by atoms with Crippen molar-refractivity contribution in [3.8, 4) is 0 Å². The van der Waals surface area contributed by atoms with E-state index in [1.54, 1.807) is 4.90 Å². The molecule has 1 spiro atoms. The first-order valence-electron chi connectivity index (χ1n) is 9.16. The Morgan fingerprint density at radius 2 is 2.12 bits per heavy atom. The van der Waals surface area contributed by atoms with Crippen LogP contribution in [0.4, 0.5) is 0 Å². The Morgan fingerprint density at radius 3 is 2.88 bits per heavy atom. The summed E-state index contributed by atoms with van der Waals surface area (Å²) in [6, 6.07) is 0. The average Bonchev–Trinajstić information content (AvgIpc) is 3.32. The highest BCUT2D eigenvalue weighted by Gasteiger charge is 2.49. The number of hydrogen-bond donors (Lipinski definition) is 1. The van der Waals surface area contributed by atoms with E-state index in [1.807, 2.05) is 4.90 Å². The minimum atomic E-state index is -0.399. The van der Waals surface area contributed by atoms with Gasteiger partial charge in [0.15, 0.2) is 0 Å². The monoisotopic (exact) mass is 344 g/mol. The molecule has 1 saturated carbocycles. The standard InChI is InChI=1S/C18H24N4O3/c23-15(8-14-9-19-12-20-16(14)24)22-7-5-18(11-22)4-1-6-21(17(18)25)10-13-2-3-13/h9,12-13H,1-8,10-11H2,(H,19,20,24). The van der Waals surface area contributed by atoms with E-state index in [0.29, 0.717) is 24.6 Å². The Bertz CT molecular complexity index is 742. The van der Waals surface area contributed by atoms with Crippen LogP contribution in [0.5, 0.6) is 0 Å². The van der Waals surface area contributed by atoms with Gasteiger partial charge >= 0.3 is 0 Å². The van der Waals surface area contributed by atoms with Crippen molar-refractivity contribution < 1.29 is 9.59 Å². The van der Waals surface area contributed by atoms with Crippen molar-refractivity contribution in [1.29, 1.82) is 0 Å². The molecule has 1 aliphatic carbocycles. The molecule has 1 atom stereocenters. The Labute approximate surface area is 146 Å². The van der Waals surface area contributed by atoms with Gasteiger partial charge in [-0.15, -0.1) is 0 Å². The van der Waals surface area contributed by atoms with Gasteiger partial charge in [0, 0.05) is 37.9 Å². The summed E-state index contributed by atoms with van der Waals surface area (Å²) in [4.78, 5) is 47.5. The van der Waals surface area contributed by atoms with E-state index in [9.17, 15) is 14.4 Å². The Hall–Kier alpha value is -2.18. The number of H-pyrrole nitrogens is 1. The summed E-state index contributed by atoms with van der Waals surface area (Å²) < 4.78 is 0. The highest BCUT2D eigenvalue weighted by atomic mass is 16.2. The van der Waals surface area contributed by atoms with Crippen LogP contribution in [0, 0.1) is 11.3 Å². The smallest absolute Gasteiger partial charge is 0.254 e. The molecular weight excluding hydrogens is 320 g/mol. The summed E-state index contributed by atoms with van der Waals surface area (Å²) in [5.41, 5.74) is -0.301. The second-order valence-electron chi connectivity index (χ2n) is 7.73. The minimum absolute atomic E-state index is 0.0409. The molecule has 134 valence electrons. The van der Waals surface area contributed by atoms with E-state index in [2.05, 4.69) is 9.97 Å². The van der Waals surface area contributed by atoms with Crippen LogP contribution in [0.1, 0.15) is 37.7 Å². The highest BCUT2D eigenvalue weighted by Crippen LogP contribution is 2.41. The van der Waals surface area contributed by atoms with Gasteiger partial charge in [-0.25, -0.2) is 4.98 Å². The Kier molecular flexibility index (Phi) is 4.09.